The van der Waals surface area contributed by atoms with Gasteiger partial charge >= 0.3 is 0 Å². The summed E-state index contributed by atoms with van der Waals surface area (Å²) in [6, 6.07) is 19.9. The van der Waals surface area contributed by atoms with Gasteiger partial charge in [-0.15, -0.1) is 0 Å². The molecule has 1 atom stereocenters. The molecule has 5 rings (SSSR count). The number of nitrogens with zero attached hydrogens (tertiary/aromatic N) is 2. The first-order chi connectivity index (χ1) is 16.1. The average molecular weight is 443 g/mol. The summed E-state index contributed by atoms with van der Waals surface area (Å²) in [7, 11) is 0. The molecule has 2 aliphatic heterocycles. The normalized spacial score (nSPS) is 17.3. The Labute approximate surface area is 195 Å². The number of halogens is 1. The van der Waals surface area contributed by atoms with Gasteiger partial charge in [-0.05, 0) is 60.2 Å². The maximum Gasteiger partial charge on any atom is 0.123 e. The number of anilines is 3. The van der Waals surface area contributed by atoms with Crippen molar-refractivity contribution in [3.63, 3.8) is 0 Å². The molecule has 1 fully saturated rings. The van der Waals surface area contributed by atoms with Crippen LogP contribution in [0, 0.1) is 5.82 Å². The molecule has 2 heterocycles. The van der Waals surface area contributed by atoms with Crippen molar-refractivity contribution in [3.05, 3.63) is 83.2 Å². The number of para-hydroxylation sites is 2. The molecule has 0 saturated carbocycles. The van der Waals surface area contributed by atoms with E-state index < -0.39 is 0 Å². The highest BCUT2D eigenvalue weighted by Gasteiger charge is 2.26. The standard InChI is InChI=1S/C28H31FN4/c1-19(2)23-12-13-25-24(17-31-26-8-3-4-9-27(26)32-25)28(23)33-15-14-30-22(18-33)11-10-20-6-5-7-21(29)16-20/h3-9,12-13,16-17,19,22,30,32H,10-11,14-15,18H2,1-2H3. The van der Waals surface area contributed by atoms with Gasteiger partial charge in [0.25, 0.3) is 0 Å². The maximum atomic E-state index is 13.6. The van der Waals surface area contributed by atoms with Gasteiger partial charge < -0.3 is 15.5 Å². The van der Waals surface area contributed by atoms with Gasteiger partial charge in [0.05, 0.1) is 17.1 Å². The smallest absolute Gasteiger partial charge is 0.123 e. The number of hydrogen-bond acceptors (Lipinski definition) is 4. The number of benzene rings is 3. The monoisotopic (exact) mass is 442 g/mol. The van der Waals surface area contributed by atoms with Gasteiger partial charge in [-0.2, -0.15) is 0 Å². The predicted molar refractivity (Wildman–Crippen MR) is 136 cm³/mol. The van der Waals surface area contributed by atoms with Gasteiger partial charge in [0.1, 0.15) is 5.82 Å². The molecule has 3 aromatic carbocycles. The quantitative estimate of drug-likeness (QED) is 0.388. The van der Waals surface area contributed by atoms with Crippen molar-refractivity contribution in [1.82, 2.24) is 5.32 Å². The fourth-order valence-corrected chi connectivity index (χ4v) is 4.91. The molecule has 0 bridgehead atoms. The third kappa shape index (κ3) is 4.64. The second kappa shape index (κ2) is 9.36. The minimum Gasteiger partial charge on any atom is -0.368 e. The lowest BCUT2D eigenvalue weighted by atomic mass is 9.94. The largest absolute Gasteiger partial charge is 0.368 e. The van der Waals surface area contributed by atoms with Crippen molar-refractivity contribution < 1.29 is 4.39 Å². The summed E-state index contributed by atoms with van der Waals surface area (Å²) in [5.74, 6) is 0.247. The van der Waals surface area contributed by atoms with E-state index in [1.54, 1.807) is 12.1 Å². The Bertz CT molecular complexity index is 1170. The molecule has 0 aliphatic carbocycles. The second-order valence-corrected chi connectivity index (χ2v) is 9.29. The third-order valence-electron chi connectivity index (χ3n) is 6.62. The van der Waals surface area contributed by atoms with Crippen LogP contribution in [0.15, 0.2) is 65.7 Å². The molecule has 1 saturated heterocycles. The minimum absolute atomic E-state index is 0.160. The molecule has 0 aromatic heterocycles. The van der Waals surface area contributed by atoms with Crippen LogP contribution in [0.5, 0.6) is 0 Å². The van der Waals surface area contributed by atoms with Gasteiger partial charge in [0, 0.05) is 43.1 Å². The summed E-state index contributed by atoms with van der Waals surface area (Å²) in [6.45, 7) is 7.31. The Balaban J connectivity index is 1.43. The van der Waals surface area contributed by atoms with E-state index in [0.29, 0.717) is 12.0 Å². The van der Waals surface area contributed by atoms with Crippen molar-refractivity contribution in [3.8, 4) is 0 Å². The number of piperazine rings is 1. The molecular formula is C28H31FN4. The summed E-state index contributed by atoms with van der Waals surface area (Å²) in [4.78, 5) is 7.34. The number of nitrogens with one attached hydrogen (secondary N) is 2. The number of fused-ring (bicyclic) bond motifs is 2. The van der Waals surface area contributed by atoms with Crippen LogP contribution in [0.4, 0.5) is 27.1 Å². The SMILES string of the molecule is CC(C)c1ccc2c(c1N1CCNC(CCc3cccc(F)c3)C1)C=Nc1ccccc1N2. The predicted octanol–water partition coefficient (Wildman–Crippen LogP) is 6.17. The highest BCUT2D eigenvalue weighted by atomic mass is 19.1. The zero-order valence-corrected chi connectivity index (χ0v) is 19.3. The molecule has 0 spiro atoms. The van der Waals surface area contributed by atoms with E-state index in [1.165, 1.54) is 17.3 Å². The first kappa shape index (κ1) is 21.7. The van der Waals surface area contributed by atoms with Crippen molar-refractivity contribution in [2.75, 3.05) is 29.9 Å². The third-order valence-corrected chi connectivity index (χ3v) is 6.62. The molecule has 2 aliphatic rings. The first-order valence-electron chi connectivity index (χ1n) is 11.9. The van der Waals surface area contributed by atoms with Gasteiger partial charge in [-0.25, -0.2) is 4.39 Å². The van der Waals surface area contributed by atoms with Crippen LogP contribution in [0.2, 0.25) is 0 Å². The summed E-state index contributed by atoms with van der Waals surface area (Å²) in [6.07, 6.45) is 3.87. The molecule has 4 nitrogen and oxygen atoms in total. The van der Waals surface area contributed by atoms with Crippen LogP contribution < -0.4 is 15.5 Å². The fraction of sp³-hybridized carbons (Fsp3) is 0.321. The van der Waals surface area contributed by atoms with Crippen molar-refractivity contribution >= 4 is 29.0 Å². The number of aliphatic imine (C=N–C) groups is 1. The molecular weight excluding hydrogens is 411 g/mol. The van der Waals surface area contributed by atoms with Crippen molar-refractivity contribution in [1.29, 1.82) is 0 Å². The Morgan fingerprint density at radius 1 is 1.06 bits per heavy atom. The van der Waals surface area contributed by atoms with Crippen LogP contribution in [0.25, 0.3) is 0 Å². The Morgan fingerprint density at radius 2 is 1.94 bits per heavy atom. The van der Waals surface area contributed by atoms with Crippen LogP contribution in [-0.2, 0) is 6.42 Å². The van der Waals surface area contributed by atoms with Crippen molar-refractivity contribution in [2.24, 2.45) is 4.99 Å². The molecule has 0 radical (unpaired) electrons. The van der Waals surface area contributed by atoms with Gasteiger partial charge in [-0.3, -0.25) is 4.99 Å². The van der Waals surface area contributed by atoms with Gasteiger partial charge in [0.15, 0.2) is 0 Å². The minimum atomic E-state index is -0.160. The number of rotatable bonds is 5. The summed E-state index contributed by atoms with van der Waals surface area (Å²) < 4.78 is 13.6. The average Bonchev–Trinajstić information content (AvgIpc) is 3.01. The molecule has 0 amide bonds. The summed E-state index contributed by atoms with van der Waals surface area (Å²) >= 11 is 0. The zero-order valence-electron chi connectivity index (χ0n) is 19.3. The van der Waals surface area contributed by atoms with Crippen molar-refractivity contribution in [2.45, 2.75) is 38.6 Å². The number of hydrogen-bond donors (Lipinski definition) is 2. The Morgan fingerprint density at radius 3 is 2.79 bits per heavy atom. The number of aryl methyl sites for hydroxylation is 1. The van der Waals surface area contributed by atoms with Crippen LogP contribution in [0.1, 0.15) is 42.9 Å². The second-order valence-electron chi connectivity index (χ2n) is 9.29. The molecule has 1 unspecified atom stereocenters. The van der Waals surface area contributed by atoms with Gasteiger partial charge in [-0.1, -0.05) is 44.2 Å². The molecule has 2 N–H and O–H groups in total. The van der Waals surface area contributed by atoms with E-state index in [9.17, 15) is 4.39 Å². The summed E-state index contributed by atoms with van der Waals surface area (Å²) in [5, 5.41) is 7.28. The maximum absolute atomic E-state index is 13.6. The lowest BCUT2D eigenvalue weighted by Crippen LogP contribution is -2.51. The molecule has 5 heteroatoms. The van der Waals surface area contributed by atoms with Crippen LogP contribution >= 0.6 is 0 Å². The van der Waals surface area contributed by atoms with Crippen LogP contribution in [0.3, 0.4) is 0 Å². The Kier molecular flexibility index (Phi) is 6.14. The van der Waals surface area contributed by atoms with Crippen LogP contribution in [-0.4, -0.2) is 31.9 Å². The highest BCUT2D eigenvalue weighted by molar-refractivity contribution is 6.01. The van der Waals surface area contributed by atoms with E-state index in [1.807, 2.05) is 30.5 Å². The lowest BCUT2D eigenvalue weighted by Gasteiger charge is -2.38. The highest BCUT2D eigenvalue weighted by Crippen LogP contribution is 2.40. The van der Waals surface area contributed by atoms with Gasteiger partial charge in [0.2, 0.25) is 0 Å². The van der Waals surface area contributed by atoms with E-state index in [0.717, 1.165) is 60.7 Å². The summed E-state index contributed by atoms with van der Waals surface area (Å²) in [5.41, 5.74) is 7.92. The molecule has 33 heavy (non-hydrogen) atoms. The zero-order chi connectivity index (χ0) is 22.8. The van der Waals surface area contributed by atoms with E-state index >= 15 is 0 Å². The van der Waals surface area contributed by atoms with E-state index in [-0.39, 0.29) is 5.82 Å². The topological polar surface area (TPSA) is 39.7 Å². The molecule has 3 aromatic rings. The Hall–Kier alpha value is -3.18. The fourth-order valence-electron chi connectivity index (χ4n) is 4.91. The van der Waals surface area contributed by atoms with E-state index in [2.05, 4.69) is 47.6 Å². The molecule has 170 valence electrons. The first-order valence-corrected chi connectivity index (χ1v) is 11.9. The van der Waals surface area contributed by atoms with E-state index in [4.69, 9.17) is 4.99 Å². The lowest BCUT2D eigenvalue weighted by molar-refractivity contribution is 0.433.